The van der Waals surface area contributed by atoms with Crippen LogP contribution in [0.25, 0.3) is 0 Å². The molecule has 1 nitrogen and oxygen atoms in total. The van der Waals surface area contributed by atoms with Crippen molar-refractivity contribution in [3.05, 3.63) is 0 Å². The molecule has 0 amide bonds. The Hall–Kier alpha value is -0.330. The van der Waals surface area contributed by atoms with Gasteiger partial charge in [-0.3, -0.25) is 4.79 Å². The van der Waals surface area contributed by atoms with Crippen molar-refractivity contribution in [2.75, 3.05) is 0 Å². The van der Waals surface area contributed by atoms with Crippen LogP contribution in [0.2, 0.25) is 0 Å². The fourth-order valence-corrected chi connectivity index (χ4v) is 6.46. The van der Waals surface area contributed by atoms with Crippen LogP contribution in [0, 0.1) is 34.5 Å². The molecule has 0 aliphatic heterocycles. The van der Waals surface area contributed by atoms with Crippen LogP contribution in [0.5, 0.6) is 0 Å². The highest BCUT2D eigenvalue weighted by atomic mass is 16.1. The van der Waals surface area contributed by atoms with Gasteiger partial charge in [0.2, 0.25) is 0 Å². The van der Waals surface area contributed by atoms with Crippen LogP contribution in [0.1, 0.15) is 85.5 Å². The first-order chi connectivity index (χ1) is 9.88. The molecule has 0 aromatic rings. The van der Waals surface area contributed by atoms with Crippen molar-refractivity contribution in [1.82, 2.24) is 0 Å². The van der Waals surface area contributed by atoms with Gasteiger partial charge in [0, 0.05) is 12.8 Å². The van der Waals surface area contributed by atoms with Crippen LogP contribution < -0.4 is 0 Å². The first-order valence-corrected chi connectivity index (χ1v) is 9.40. The van der Waals surface area contributed by atoms with Crippen molar-refractivity contribution >= 4 is 5.78 Å². The van der Waals surface area contributed by atoms with E-state index in [1.54, 1.807) is 0 Å². The maximum Gasteiger partial charge on any atom is 0.133 e. The Balaban J connectivity index is 1.87. The second-order valence-corrected chi connectivity index (χ2v) is 9.22. The van der Waals surface area contributed by atoms with E-state index in [9.17, 15) is 4.79 Å². The summed E-state index contributed by atoms with van der Waals surface area (Å²) < 4.78 is 0. The monoisotopic (exact) mass is 290 g/mol. The standard InChI is InChI=1S/C20H34O/c1-5-6-17-16-8-7-14-13-15(21)9-12-20(14,4)18(16)10-11-19(17,2)3/h14,16-18H,5-13H2,1-4H3. The Morgan fingerprint density at radius 2 is 1.86 bits per heavy atom. The molecule has 0 aromatic carbocycles. The Labute approximate surface area is 131 Å². The molecule has 0 aromatic heterocycles. The van der Waals surface area contributed by atoms with Crippen LogP contribution in [-0.2, 0) is 4.79 Å². The lowest BCUT2D eigenvalue weighted by molar-refractivity contribution is -0.139. The first kappa shape index (κ1) is 15.6. The normalized spacial score (nSPS) is 45.8. The molecule has 0 bridgehead atoms. The lowest BCUT2D eigenvalue weighted by atomic mass is 9.44. The van der Waals surface area contributed by atoms with Crippen molar-refractivity contribution in [3.8, 4) is 0 Å². The number of fused-ring (bicyclic) bond motifs is 3. The quantitative estimate of drug-likeness (QED) is 0.644. The Morgan fingerprint density at radius 1 is 1.10 bits per heavy atom. The molecular formula is C20H34O. The van der Waals surface area contributed by atoms with Gasteiger partial charge < -0.3 is 0 Å². The molecule has 120 valence electrons. The Bertz CT molecular complexity index is 410. The molecule has 3 aliphatic carbocycles. The summed E-state index contributed by atoms with van der Waals surface area (Å²) in [6, 6.07) is 0. The SMILES string of the molecule is CCCC1C2CCC3CC(=O)CCC3(C)C2CCC1(C)C. The van der Waals surface area contributed by atoms with Gasteiger partial charge in [-0.1, -0.05) is 34.1 Å². The number of Topliss-reactive ketones (excluding diaryl/α,β-unsaturated/α-hetero) is 1. The Morgan fingerprint density at radius 3 is 2.57 bits per heavy atom. The largest absolute Gasteiger partial charge is 0.300 e. The molecule has 0 radical (unpaired) electrons. The van der Waals surface area contributed by atoms with Crippen LogP contribution >= 0.6 is 0 Å². The highest BCUT2D eigenvalue weighted by molar-refractivity contribution is 5.79. The number of ketones is 1. The summed E-state index contributed by atoms with van der Waals surface area (Å²) in [5, 5.41) is 0. The number of carbonyl (C=O) groups is 1. The zero-order valence-electron chi connectivity index (χ0n) is 14.6. The van der Waals surface area contributed by atoms with Gasteiger partial charge in [0.1, 0.15) is 5.78 Å². The second kappa shape index (κ2) is 5.39. The molecule has 3 fully saturated rings. The summed E-state index contributed by atoms with van der Waals surface area (Å²) in [7, 11) is 0. The van der Waals surface area contributed by atoms with Gasteiger partial charge in [-0.25, -0.2) is 0 Å². The van der Waals surface area contributed by atoms with Gasteiger partial charge in [0.25, 0.3) is 0 Å². The minimum Gasteiger partial charge on any atom is -0.300 e. The minimum absolute atomic E-state index is 0.472. The molecule has 3 saturated carbocycles. The molecule has 5 atom stereocenters. The third-order valence-corrected chi connectivity index (χ3v) is 7.78. The molecule has 21 heavy (non-hydrogen) atoms. The second-order valence-electron chi connectivity index (χ2n) is 9.22. The van der Waals surface area contributed by atoms with E-state index in [1.807, 2.05) is 0 Å². The van der Waals surface area contributed by atoms with Gasteiger partial charge in [0.05, 0.1) is 0 Å². The van der Waals surface area contributed by atoms with Crippen molar-refractivity contribution in [1.29, 1.82) is 0 Å². The molecule has 0 heterocycles. The maximum absolute atomic E-state index is 11.9. The smallest absolute Gasteiger partial charge is 0.133 e. The van der Waals surface area contributed by atoms with E-state index in [0.717, 1.165) is 30.6 Å². The zero-order valence-corrected chi connectivity index (χ0v) is 14.6. The first-order valence-electron chi connectivity index (χ1n) is 9.40. The molecule has 3 rings (SSSR count). The van der Waals surface area contributed by atoms with Gasteiger partial charge >= 0.3 is 0 Å². The lowest BCUT2D eigenvalue weighted by Gasteiger charge is -2.60. The van der Waals surface area contributed by atoms with Crippen LogP contribution in [0.4, 0.5) is 0 Å². The molecule has 5 unspecified atom stereocenters. The molecular weight excluding hydrogens is 256 g/mol. The van der Waals surface area contributed by atoms with Crippen molar-refractivity contribution in [2.24, 2.45) is 34.5 Å². The fraction of sp³-hybridized carbons (Fsp3) is 0.950. The number of hydrogen-bond acceptors (Lipinski definition) is 1. The predicted octanol–water partition coefficient (Wildman–Crippen LogP) is 5.62. The number of hydrogen-bond donors (Lipinski definition) is 0. The van der Waals surface area contributed by atoms with Gasteiger partial charge in [-0.15, -0.1) is 0 Å². The summed E-state index contributed by atoms with van der Waals surface area (Å²) in [5.74, 6) is 3.98. The van der Waals surface area contributed by atoms with Gasteiger partial charge in [-0.2, -0.15) is 0 Å². The van der Waals surface area contributed by atoms with E-state index in [0.29, 0.717) is 22.5 Å². The number of rotatable bonds is 2. The van der Waals surface area contributed by atoms with Crippen LogP contribution in [-0.4, -0.2) is 5.78 Å². The van der Waals surface area contributed by atoms with Crippen LogP contribution in [0.3, 0.4) is 0 Å². The summed E-state index contributed by atoms with van der Waals surface area (Å²) in [6.45, 7) is 9.93. The lowest BCUT2D eigenvalue weighted by Crippen LogP contribution is -2.53. The summed E-state index contributed by atoms with van der Waals surface area (Å²) in [4.78, 5) is 11.9. The van der Waals surface area contributed by atoms with Crippen LogP contribution in [0.15, 0.2) is 0 Å². The van der Waals surface area contributed by atoms with Crippen molar-refractivity contribution in [2.45, 2.75) is 85.5 Å². The topological polar surface area (TPSA) is 17.1 Å². The summed E-state index contributed by atoms with van der Waals surface area (Å²) >= 11 is 0. The molecule has 0 saturated heterocycles. The highest BCUT2D eigenvalue weighted by Gasteiger charge is 2.55. The third-order valence-electron chi connectivity index (χ3n) is 7.78. The highest BCUT2D eigenvalue weighted by Crippen LogP contribution is 2.63. The maximum atomic E-state index is 11.9. The zero-order chi connectivity index (χ0) is 15.3. The Kier molecular flexibility index (Phi) is 3.99. The van der Waals surface area contributed by atoms with E-state index >= 15 is 0 Å². The third kappa shape index (κ3) is 2.49. The molecule has 0 spiro atoms. The summed E-state index contributed by atoms with van der Waals surface area (Å²) in [5.41, 5.74) is 1.00. The van der Waals surface area contributed by atoms with Gasteiger partial charge in [0.15, 0.2) is 0 Å². The van der Waals surface area contributed by atoms with Crippen molar-refractivity contribution in [3.63, 3.8) is 0 Å². The predicted molar refractivity (Wildman–Crippen MR) is 88.1 cm³/mol. The average molecular weight is 290 g/mol. The molecule has 0 N–H and O–H groups in total. The minimum atomic E-state index is 0.472. The van der Waals surface area contributed by atoms with E-state index < -0.39 is 0 Å². The van der Waals surface area contributed by atoms with Crippen molar-refractivity contribution < 1.29 is 4.79 Å². The number of carbonyl (C=O) groups excluding carboxylic acids is 1. The van der Waals surface area contributed by atoms with E-state index in [4.69, 9.17) is 0 Å². The van der Waals surface area contributed by atoms with E-state index in [2.05, 4.69) is 27.7 Å². The fourth-order valence-electron chi connectivity index (χ4n) is 6.46. The average Bonchev–Trinajstić information content (AvgIpc) is 2.42. The van der Waals surface area contributed by atoms with E-state index in [1.165, 1.54) is 44.9 Å². The summed E-state index contributed by atoms with van der Waals surface area (Å²) in [6.07, 6.45) is 11.2. The molecule has 3 aliphatic rings. The van der Waals surface area contributed by atoms with Gasteiger partial charge in [-0.05, 0) is 73.0 Å². The van der Waals surface area contributed by atoms with E-state index in [-0.39, 0.29) is 0 Å². The molecule has 1 heteroatoms.